The summed E-state index contributed by atoms with van der Waals surface area (Å²) in [7, 11) is -4.42. The van der Waals surface area contributed by atoms with Crippen molar-refractivity contribution in [2.24, 2.45) is 0 Å². The molecule has 0 aliphatic rings. The molecule has 10 heteroatoms. The van der Waals surface area contributed by atoms with Gasteiger partial charge >= 0.3 is 13.8 Å². The number of esters is 1. The van der Waals surface area contributed by atoms with Crippen LogP contribution in [0.25, 0.3) is 0 Å². The molecule has 0 spiro atoms. The van der Waals surface area contributed by atoms with Gasteiger partial charge in [-0.05, 0) is 77.0 Å². The summed E-state index contributed by atoms with van der Waals surface area (Å²) in [6, 6.07) is 0. The van der Waals surface area contributed by atoms with E-state index in [-0.39, 0.29) is 32.1 Å². The van der Waals surface area contributed by atoms with Crippen molar-refractivity contribution in [3.63, 3.8) is 0 Å². The summed E-state index contributed by atoms with van der Waals surface area (Å²) in [5.74, 6) is -0.537. The number of nitrogens with one attached hydrogen (secondary N) is 1. The maximum Gasteiger partial charge on any atom is 0.472 e. The van der Waals surface area contributed by atoms with Crippen LogP contribution in [0.15, 0.2) is 60.8 Å². The third-order valence-electron chi connectivity index (χ3n) is 9.43. The zero-order valence-electron chi connectivity index (χ0n) is 36.3. The Balaban J connectivity index is 3.60. The normalized spacial score (nSPS) is 13.8. The second kappa shape index (κ2) is 43.3. The van der Waals surface area contributed by atoms with Crippen molar-refractivity contribution >= 4 is 19.7 Å². The minimum absolute atomic E-state index is 0.0763. The Labute approximate surface area is 348 Å². The molecule has 0 aromatic carbocycles. The molecule has 9 nitrogen and oxygen atoms in total. The van der Waals surface area contributed by atoms with Gasteiger partial charge in [0.2, 0.25) is 5.91 Å². The molecule has 2 unspecified atom stereocenters. The van der Waals surface area contributed by atoms with Gasteiger partial charge in [0.05, 0.1) is 13.2 Å². The molecule has 0 radical (unpaired) electrons. The molecule has 330 valence electrons. The average Bonchev–Trinajstić information content (AvgIpc) is 3.20. The molecule has 0 heterocycles. The minimum atomic E-state index is -4.42. The molecule has 0 aliphatic heterocycles. The Morgan fingerprint density at radius 3 is 1.51 bits per heavy atom. The lowest BCUT2D eigenvalue weighted by Crippen LogP contribution is -2.27. The van der Waals surface area contributed by atoms with E-state index in [9.17, 15) is 24.2 Å². The van der Waals surface area contributed by atoms with E-state index in [0.717, 1.165) is 77.0 Å². The van der Waals surface area contributed by atoms with Crippen LogP contribution in [0.4, 0.5) is 0 Å². The maximum absolute atomic E-state index is 12.1. The topological polar surface area (TPSA) is 131 Å². The zero-order chi connectivity index (χ0) is 41.8. The number of unbranched alkanes of at least 4 members (excludes halogenated alkanes) is 19. The Bertz CT molecular complexity index is 1120. The first kappa shape index (κ1) is 54.7. The standard InChI is InChI=1S/C47H84NO8P/c1-3-5-7-9-11-13-15-17-19-20-21-22-23-24-26-27-29-31-33-35-37-39-46(50)48-41-42-55-57(52,53)56-44-45(49)43-54-47(51)40-38-36-34-32-30-28-25-18-16-14-12-10-8-6-4-2/h6,8,11-14,17-19,25,45,49H,3-5,7,9-10,15-16,20-24,26-44H2,1-2H3,(H,48,50)(H,52,53)/b8-6-,13-11-,14-12-,19-17-,25-18-. The lowest BCUT2D eigenvalue weighted by atomic mass is 10.0. The number of amides is 1. The third-order valence-corrected chi connectivity index (χ3v) is 10.4. The van der Waals surface area contributed by atoms with E-state index < -0.39 is 26.5 Å². The first-order valence-electron chi connectivity index (χ1n) is 22.8. The SMILES string of the molecule is CC/C=C\C/C=C\C/C=C\CCCCCCCC(=O)OCC(O)COP(=O)(O)OCCNC(=O)CCCCCCCCCCCCC/C=C\C/C=C\CCCCC. The number of phosphoric ester groups is 1. The second-order valence-corrected chi connectivity index (χ2v) is 16.4. The van der Waals surface area contributed by atoms with Crippen molar-refractivity contribution in [1.82, 2.24) is 5.32 Å². The van der Waals surface area contributed by atoms with Gasteiger partial charge in [-0.1, -0.05) is 164 Å². The number of aliphatic hydroxyl groups excluding tert-OH is 1. The van der Waals surface area contributed by atoms with Crippen LogP contribution < -0.4 is 5.32 Å². The van der Waals surface area contributed by atoms with Crippen LogP contribution in [-0.2, 0) is 27.9 Å². The molecule has 1 amide bonds. The van der Waals surface area contributed by atoms with Crippen LogP contribution in [0.1, 0.15) is 194 Å². The van der Waals surface area contributed by atoms with Gasteiger partial charge in [0.25, 0.3) is 0 Å². The number of carbonyl (C=O) groups is 2. The molecule has 0 bridgehead atoms. The molecule has 3 N–H and O–H groups in total. The maximum atomic E-state index is 12.1. The van der Waals surface area contributed by atoms with E-state index in [0.29, 0.717) is 12.8 Å². The molecule has 0 fully saturated rings. The predicted octanol–water partition coefficient (Wildman–Crippen LogP) is 12.9. The molecule has 2 atom stereocenters. The monoisotopic (exact) mass is 822 g/mol. The lowest BCUT2D eigenvalue weighted by molar-refractivity contribution is -0.147. The molecular weight excluding hydrogens is 737 g/mol. The van der Waals surface area contributed by atoms with Crippen molar-refractivity contribution < 1.29 is 37.9 Å². The fourth-order valence-electron chi connectivity index (χ4n) is 6.01. The van der Waals surface area contributed by atoms with Crippen LogP contribution in [0, 0.1) is 0 Å². The first-order valence-corrected chi connectivity index (χ1v) is 24.3. The van der Waals surface area contributed by atoms with Crippen LogP contribution in [0.3, 0.4) is 0 Å². The Kier molecular flexibility index (Phi) is 41.6. The van der Waals surface area contributed by atoms with E-state index in [1.807, 2.05) is 0 Å². The van der Waals surface area contributed by atoms with Crippen LogP contribution in [-0.4, -0.2) is 54.3 Å². The van der Waals surface area contributed by atoms with Crippen molar-refractivity contribution in [2.75, 3.05) is 26.4 Å². The highest BCUT2D eigenvalue weighted by atomic mass is 31.2. The molecule has 0 aromatic heterocycles. The summed E-state index contributed by atoms with van der Waals surface area (Å²) >= 11 is 0. The van der Waals surface area contributed by atoms with Crippen molar-refractivity contribution in [3.8, 4) is 0 Å². The van der Waals surface area contributed by atoms with Crippen LogP contribution in [0.2, 0.25) is 0 Å². The molecule has 0 aliphatic carbocycles. The third kappa shape index (κ3) is 44.7. The van der Waals surface area contributed by atoms with E-state index in [1.165, 1.54) is 83.5 Å². The van der Waals surface area contributed by atoms with Crippen molar-refractivity contribution in [2.45, 2.75) is 200 Å². The van der Waals surface area contributed by atoms with Gasteiger partial charge in [-0.2, -0.15) is 0 Å². The number of aliphatic hydroxyl groups is 1. The van der Waals surface area contributed by atoms with E-state index >= 15 is 0 Å². The summed E-state index contributed by atoms with van der Waals surface area (Å²) in [5, 5.41) is 12.7. The van der Waals surface area contributed by atoms with Crippen LogP contribution >= 0.6 is 7.82 Å². The number of hydrogen-bond acceptors (Lipinski definition) is 7. The van der Waals surface area contributed by atoms with Gasteiger partial charge < -0.3 is 20.1 Å². The minimum Gasteiger partial charge on any atom is -0.463 e. The highest BCUT2D eigenvalue weighted by Crippen LogP contribution is 2.42. The van der Waals surface area contributed by atoms with Gasteiger partial charge in [-0.25, -0.2) is 4.57 Å². The van der Waals surface area contributed by atoms with Crippen molar-refractivity contribution in [1.29, 1.82) is 0 Å². The summed E-state index contributed by atoms with van der Waals surface area (Å²) in [4.78, 5) is 33.9. The zero-order valence-corrected chi connectivity index (χ0v) is 37.2. The summed E-state index contributed by atoms with van der Waals surface area (Å²) in [6.45, 7) is 3.40. The van der Waals surface area contributed by atoms with Gasteiger partial charge in [-0.3, -0.25) is 18.6 Å². The first-order chi connectivity index (χ1) is 27.8. The Hall–Kier alpha value is -2.29. The molecule has 0 rings (SSSR count). The largest absolute Gasteiger partial charge is 0.472 e. The fourth-order valence-corrected chi connectivity index (χ4v) is 6.77. The molecule has 0 aromatic rings. The molecule has 57 heavy (non-hydrogen) atoms. The second-order valence-electron chi connectivity index (χ2n) is 15.0. The summed E-state index contributed by atoms with van der Waals surface area (Å²) < 4.78 is 26.9. The average molecular weight is 822 g/mol. The van der Waals surface area contributed by atoms with E-state index in [4.69, 9.17) is 13.8 Å². The number of phosphoric acid groups is 1. The van der Waals surface area contributed by atoms with Crippen molar-refractivity contribution in [3.05, 3.63) is 60.8 Å². The van der Waals surface area contributed by atoms with E-state index in [1.54, 1.807) is 0 Å². The smallest absolute Gasteiger partial charge is 0.463 e. The highest BCUT2D eigenvalue weighted by molar-refractivity contribution is 7.47. The Morgan fingerprint density at radius 2 is 1.00 bits per heavy atom. The highest BCUT2D eigenvalue weighted by Gasteiger charge is 2.23. The summed E-state index contributed by atoms with van der Waals surface area (Å²) in [6.07, 6.45) is 51.5. The number of allylic oxidation sites excluding steroid dienone is 10. The molecule has 0 saturated carbocycles. The van der Waals surface area contributed by atoms with Gasteiger partial charge in [0.15, 0.2) is 0 Å². The predicted molar refractivity (Wildman–Crippen MR) is 238 cm³/mol. The van der Waals surface area contributed by atoms with Gasteiger partial charge in [0, 0.05) is 19.4 Å². The molecular formula is C47H84NO8P. The number of ether oxygens (including phenoxy) is 1. The van der Waals surface area contributed by atoms with Gasteiger partial charge in [0.1, 0.15) is 12.7 Å². The Morgan fingerprint density at radius 1 is 0.561 bits per heavy atom. The lowest BCUT2D eigenvalue weighted by Gasteiger charge is -2.15. The number of hydrogen-bond donors (Lipinski definition) is 3. The number of carbonyl (C=O) groups excluding carboxylic acids is 2. The summed E-state index contributed by atoms with van der Waals surface area (Å²) in [5.41, 5.74) is 0. The fraction of sp³-hybridized carbons (Fsp3) is 0.745. The number of rotatable bonds is 42. The molecule has 0 saturated heterocycles. The van der Waals surface area contributed by atoms with Crippen LogP contribution in [0.5, 0.6) is 0 Å². The van der Waals surface area contributed by atoms with Gasteiger partial charge in [-0.15, -0.1) is 0 Å². The van der Waals surface area contributed by atoms with E-state index in [2.05, 4.69) is 79.9 Å². The quantitative estimate of drug-likeness (QED) is 0.0240.